The predicted octanol–water partition coefficient (Wildman–Crippen LogP) is 2.20. The number of ether oxygens (including phenoxy) is 2. The maximum absolute atomic E-state index is 12.5. The number of para-hydroxylation sites is 1. The van der Waals surface area contributed by atoms with E-state index in [0.29, 0.717) is 25.4 Å². The van der Waals surface area contributed by atoms with Gasteiger partial charge in [0.25, 0.3) is 5.91 Å². The van der Waals surface area contributed by atoms with Crippen molar-refractivity contribution in [3.8, 4) is 5.75 Å². The highest BCUT2D eigenvalue weighted by molar-refractivity contribution is 5.78. The van der Waals surface area contributed by atoms with Crippen molar-refractivity contribution in [2.24, 2.45) is 7.05 Å². The normalized spacial score (nSPS) is 15.6. The number of carbonyl (C=O) groups excluding carboxylic acids is 1. The SMILES string of the molecule is COCC1CN(C(=O)COc2ccccc2)Cc2c1cnn2C.O=C(O)C(F)(F)F. The molecule has 1 N–H and O–H groups in total. The number of aliphatic carboxylic acids is 1. The number of nitrogens with zero attached hydrogens (tertiary/aromatic N) is 3. The van der Waals surface area contributed by atoms with E-state index in [0.717, 1.165) is 5.69 Å². The Hall–Kier alpha value is -3.08. The van der Waals surface area contributed by atoms with Gasteiger partial charge < -0.3 is 19.5 Å². The lowest BCUT2D eigenvalue weighted by molar-refractivity contribution is -0.192. The van der Waals surface area contributed by atoms with Crippen molar-refractivity contribution >= 4 is 11.9 Å². The number of rotatable bonds is 5. The van der Waals surface area contributed by atoms with Gasteiger partial charge in [-0.2, -0.15) is 18.3 Å². The molecule has 8 nitrogen and oxygen atoms in total. The molecule has 3 rings (SSSR count). The van der Waals surface area contributed by atoms with Crippen molar-refractivity contribution in [3.05, 3.63) is 47.8 Å². The van der Waals surface area contributed by atoms with Gasteiger partial charge in [-0.25, -0.2) is 4.79 Å². The van der Waals surface area contributed by atoms with E-state index in [1.165, 1.54) is 5.56 Å². The number of benzene rings is 1. The zero-order valence-corrected chi connectivity index (χ0v) is 16.4. The molecule has 30 heavy (non-hydrogen) atoms. The molecule has 0 spiro atoms. The first-order chi connectivity index (χ1) is 14.1. The standard InChI is InChI=1S/C17H21N3O3.C2HF3O2/c1-19-16-10-20(9-13(11-22-2)15(16)8-18-19)17(21)12-23-14-6-4-3-5-7-14;3-2(4,5)1(6)7/h3-8,13H,9-12H2,1-2H3;(H,6,7). The van der Waals surface area contributed by atoms with Crippen molar-refractivity contribution < 1.29 is 37.3 Å². The Bertz CT molecular complexity index is 855. The number of aromatic nitrogens is 2. The van der Waals surface area contributed by atoms with E-state index in [4.69, 9.17) is 19.4 Å². The number of alkyl halides is 3. The Morgan fingerprint density at radius 2 is 1.90 bits per heavy atom. The molecule has 0 saturated carbocycles. The van der Waals surface area contributed by atoms with Gasteiger partial charge in [0, 0.05) is 32.2 Å². The second-order valence-electron chi connectivity index (χ2n) is 6.50. The number of hydrogen-bond acceptors (Lipinski definition) is 5. The Morgan fingerprint density at radius 3 is 2.47 bits per heavy atom. The fourth-order valence-corrected chi connectivity index (χ4v) is 2.91. The van der Waals surface area contributed by atoms with Crippen LogP contribution in [0.25, 0.3) is 0 Å². The zero-order chi connectivity index (χ0) is 22.3. The zero-order valence-electron chi connectivity index (χ0n) is 16.4. The minimum absolute atomic E-state index is 0.0261. The van der Waals surface area contributed by atoms with E-state index in [1.807, 2.05) is 53.2 Å². The Labute approximate surface area is 170 Å². The van der Waals surface area contributed by atoms with Gasteiger partial charge in [0.05, 0.1) is 25.0 Å². The van der Waals surface area contributed by atoms with Crippen molar-refractivity contribution in [3.63, 3.8) is 0 Å². The first-order valence-electron chi connectivity index (χ1n) is 8.89. The second kappa shape index (κ2) is 10.1. The van der Waals surface area contributed by atoms with Crippen LogP contribution in [-0.2, 0) is 27.9 Å². The van der Waals surface area contributed by atoms with Crippen molar-refractivity contribution in [2.75, 3.05) is 26.9 Å². The number of carboxylic acids is 1. The maximum atomic E-state index is 12.5. The van der Waals surface area contributed by atoms with Gasteiger partial charge in [0.15, 0.2) is 6.61 Å². The molecular weight excluding hydrogens is 407 g/mol. The summed E-state index contributed by atoms with van der Waals surface area (Å²) < 4.78 is 44.4. The molecule has 2 heterocycles. The van der Waals surface area contributed by atoms with E-state index in [1.54, 1.807) is 7.11 Å². The summed E-state index contributed by atoms with van der Waals surface area (Å²) >= 11 is 0. The highest BCUT2D eigenvalue weighted by atomic mass is 19.4. The summed E-state index contributed by atoms with van der Waals surface area (Å²) in [5.41, 5.74) is 2.23. The summed E-state index contributed by atoms with van der Waals surface area (Å²) in [7, 11) is 3.58. The molecule has 1 amide bonds. The molecule has 1 atom stereocenters. The molecule has 1 aliphatic rings. The number of aryl methyl sites for hydroxylation is 1. The van der Waals surface area contributed by atoms with Crippen LogP contribution in [0.1, 0.15) is 17.2 Å². The largest absolute Gasteiger partial charge is 0.490 e. The molecule has 0 fully saturated rings. The van der Waals surface area contributed by atoms with Crippen LogP contribution in [0.3, 0.4) is 0 Å². The van der Waals surface area contributed by atoms with Crippen LogP contribution < -0.4 is 4.74 Å². The van der Waals surface area contributed by atoms with Crippen molar-refractivity contribution in [2.45, 2.75) is 18.6 Å². The molecule has 1 aliphatic heterocycles. The van der Waals surface area contributed by atoms with Gasteiger partial charge in [0.1, 0.15) is 5.75 Å². The van der Waals surface area contributed by atoms with Crippen molar-refractivity contribution in [1.29, 1.82) is 0 Å². The average Bonchev–Trinajstić information content (AvgIpc) is 3.08. The summed E-state index contributed by atoms with van der Waals surface area (Å²) in [5.74, 6) is -1.93. The lowest BCUT2D eigenvalue weighted by atomic mass is 9.95. The number of hydrogen-bond donors (Lipinski definition) is 1. The van der Waals surface area contributed by atoms with Crippen LogP contribution in [0.2, 0.25) is 0 Å². The number of fused-ring (bicyclic) bond motifs is 1. The first-order valence-corrected chi connectivity index (χ1v) is 8.89. The van der Waals surface area contributed by atoms with Gasteiger partial charge in [0.2, 0.25) is 0 Å². The molecule has 0 saturated heterocycles. The minimum Gasteiger partial charge on any atom is -0.484 e. The minimum atomic E-state index is -5.08. The summed E-state index contributed by atoms with van der Waals surface area (Å²) in [5, 5.41) is 11.4. The van der Waals surface area contributed by atoms with E-state index >= 15 is 0 Å². The van der Waals surface area contributed by atoms with Gasteiger partial charge in [-0.15, -0.1) is 0 Å². The van der Waals surface area contributed by atoms with Gasteiger partial charge in [-0.05, 0) is 12.1 Å². The van der Waals surface area contributed by atoms with Crippen LogP contribution in [0.5, 0.6) is 5.75 Å². The van der Waals surface area contributed by atoms with Crippen LogP contribution >= 0.6 is 0 Å². The molecule has 1 unspecified atom stereocenters. The summed E-state index contributed by atoms with van der Waals surface area (Å²) in [6.07, 6.45) is -3.21. The van der Waals surface area contributed by atoms with Gasteiger partial charge in [-0.3, -0.25) is 9.48 Å². The monoisotopic (exact) mass is 429 g/mol. The topological polar surface area (TPSA) is 93.9 Å². The molecule has 1 aromatic heterocycles. The first kappa shape index (κ1) is 23.2. The number of methoxy groups -OCH3 is 1. The Balaban J connectivity index is 0.000000396. The number of halogens is 3. The van der Waals surface area contributed by atoms with Crippen molar-refractivity contribution in [1.82, 2.24) is 14.7 Å². The second-order valence-corrected chi connectivity index (χ2v) is 6.50. The highest BCUT2D eigenvalue weighted by Crippen LogP contribution is 2.28. The lowest BCUT2D eigenvalue weighted by Gasteiger charge is -2.32. The summed E-state index contributed by atoms with van der Waals surface area (Å²) in [4.78, 5) is 23.2. The van der Waals surface area contributed by atoms with Crippen LogP contribution in [0.4, 0.5) is 13.2 Å². The molecule has 2 aromatic rings. The quantitative estimate of drug-likeness (QED) is 0.783. The van der Waals surface area contributed by atoms with Crippen LogP contribution in [0.15, 0.2) is 36.5 Å². The van der Waals surface area contributed by atoms with Gasteiger partial charge >= 0.3 is 12.1 Å². The third-order valence-corrected chi connectivity index (χ3v) is 4.38. The molecule has 0 radical (unpaired) electrons. The molecular formula is C19H22F3N3O5. The van der Waals surface area contributed by atoms with E-state index in [-0.39, 0.29) is 18.4 Å². The molecule has 0 aliphatic carbocycles. The van der Waals surface area contributed by atoms with E-state index in [2.05, 4.69) is 5.10 Å². The number of carbonyl (C=O) groups is 2. The summed E-state index contributed by atoms with van der Waals surface area (Å²) in [6.45, 7) is 1.80. The van der Waals surface area contributed by atoms with E-state index in [9.17, 15) is 18.0 Å². The average molecular weight is 429 g/mol. The molecule has 0 bridgehead atoms. The molecule has 11 heteroatoms. The smallest absolute Gasteiger partial charge is 0.484 e. The van der Waals surface area contributed by atoms with Crippen LogP contribution in [0, 0.1) is 0 Å². The van der Waals surface area contributed by atoms with E-state index < -0.39 is 12.1 Å². The predicted molar refractivity (Wildman–Crippen MR) is 98.9 cm³/mol. The number of amides is 1. The molecule has 164 valence electrons. The highest BCUT2D eigenvalue weighted by Gasteiger charge is 2.38. The summed E-state index contributed by atoms with van der Waals surface area (Å²) in [6, 6.07) is 9.37. The number of carboxylic acid groups (broad SMARTS) is 1. The Morgan fingerprint density at radius 1 is 1.27 bits per heavy atom. The fourth-order valence-electron chi connectivity index (χ4n) is 2.91. The maximum Gasteiger partial charge on any atom is 0.490 e. The third-order valence-electron chi connectivity index (χ3n) is 4.38. The molecule has 1 aromatic carbocycles. The van der Waals surface area contributed by atoms with Crippen LogP contribution in [-0.4, -0.2) is 64.7 Å². The lowest BCUT2D eigenvalue weighted by Crippen LogP contribution is -2.42. The Kier molecular flexibility index (Phi) is 7.81. The third kappa shape index (κ3) is 6.21. The van der Waals surface area contributed by atoms with Gasteiger partial charge in [-0.1, -0.05) is 18.2 Å². The fraction of sp³-hybridized carbons (Fsp3) is 0.421.